The third-order valence-electron chi connectivity index (χ3n) is 2.63. The van der Waals surface area contributed by atoms with E-state index in [0.717, 1.165) is 10.6 Å². The minimum Gasteiger partial charge on any atom is -0.311 e. The van der Waals surface area contributed by atoms with Gasteiger partial charge in [0.25, 0.3) is 0 Å². The molecule has 0 aromatic heterocycles. The predicted octanol–water partition coefficient (Wildman–Crippen LogP) is 2.35. The first-order chi connectivity index (χ1) is 7.63. The second kappa shape index (κ2) is 4.29. The van der Waals surface area contributed by atoms with E-state index in [9.17, 15) is 9.59 Å². The summed E-state index contributed by atoms with van der Waals surface area (Å²) in [7, 11) is 0. The number of benzene rings is 1. The van der Waals surface area contributed by atoms with Gasteiger partial charge in [-0.15, -0.1) is 11.8 Å². The van der Waals surface area contributed by atoms with E-state index in [4.69, 9.17) is 0 Å². The fraction of sp³-hybridized carbons (Fsp3) is 0.333. The van der Waals surface area contributed by atoms with E-state index in [1.807, 2.05) is 19.1 Å². The van der Waals surface area contributed by atoms with Gasteiger partial charge in [0, 0.05) is 17.0 Å². The smallest absolute Gasteiger partial charge is 0.237 e. The monoisotopic (exact) mass is 235 g/mol. The van der Waals surface area contributed by atoms with E-state index in [0.29, 0.717) is 17.9 Å². The molecule has 1 aromatic rings. The van der Waals surface area contributed by atoms with Gasteiger partial charge in [-0.05, 0) is 32.0 Å². The van der Waals surface area contributed by atoms with Crippen molar-refractivity contribution in [1.29, 1.82) is 0 Å². The van der Waals surface area contributed by atoms with Gasteiger partial charge in [0.15, 0.2) is 5.78 Å². The van der Waals surface area contributed by atoms with Gasteiger partial charge in [0.2, 0.25) is 5.91 Å². The largest absolute Gasteiger partial charge is 0.311 e. The lowest BCUT2D eigenvalue weighted by Crippen LogP contribution is -2.35. The molecule has 0 spiro atoms. The van der Waals surface area contributed by atoms with Crippen LogP contribution in [-0.4, -0.2) is 24.0 Å². The average Bonchev–Trinajstić information content (AvgIpc) is 2.28. The Hall–Kier alpha value is -1.29. The fourth-order valence-corrected chi connectivity index (χ4v) is 2.74. The molecule has 84 valence electrons. The molecule has 0 fully saturated rings. The van der Waals surface area contributed by atoms with Crippen molar-refractivity contribution in [1.82, 2.24) is 0 Å². The van der Waals surface area contributed by atoms with E-state index >= 15 is 0 Å². The molecule has 1 aliphatic rings. The molecule has 0 bridgehead atoms. The number of Topliss-reactive ketones (excluding diaryl/α,β-unsaturated/α-hetero) is 1. The highest BCUT2D eigenvalue weighted by Crippen LogP contribution is 2.35. The number of thioether (sulfide) groups is 1. The summed E-state index contributed by atoms with van der Waals surface area (Å²) in [5, 5.41) is 0. The molecule has 0 radical (unpaired) electrons. The van der Waals surface area contributed by atoms with Crippen LogP contribution in [0.3, 0.4) is 0 Å². The Balaban J connectivity index is 2.46. The van der Waals surface area contributed by atoms with Crippen LogP contribution >= 0.6 is 11.8 Å². The maximum absolute atomic E-state index is 11.6. The molecule has 4 heteroatoms. The van der Waals surface area contributed by atoms with Crippen molar-refractivity contribution in [2.75, 3.05) is 17.2 Å². The first kappa shape index (κ1) is 11.2. The topological polar surface area (TPSA) is 37.4 Å². The van der Waals surface area contributed by atoms with Gasteiger partial charge in [-0.2, -0.15) is 0 Å². The van der Waals surface area contributed by atoms with Crippen LogP contribution in [0.1, 0.15) is 24.2 Å². The van der Waals surface area contributed by atoms with Crippen molar-refractivity contribution in [3.05, 3.63) is 23.8 Å². The van der Waals surface area contributed by atoms with Crippen molar-refractivity contribution in [2.24, 2.45) is 0 Å². The van der Waals surface area contributed by atoms with Crippen LogP contribution in [-0.2, 0) is 4.79 Å². The molecule has 1 heterocycles. The lowest BCUT2D eigenvalue weighted by Gasteiger charge is -2.28. The molecule has 0 unspecified atom stereocenters. The molecule has 16 heavy (non-hydrogen) atoms. The minimum atomic E-state index is 0.0587. The van der Waals surface area contributed by atoms with Gasteiger partial charge < -0.3 is 4.90 Å². The highest BCUT2D eigenvalue weighted by atomic mass is 32.2. The number of hydrogen-bond donors (Lipinski definition) is 0. The van der Waals surface area contributed by atoms with Gasteiger partial charge >= 0.3 is 0 Å². The average molecular weight is 235 g/mol. The van der Waals surface area contributed by atoms with Crippen molar-refractivity contribution < 1.29 is 9.59 Å². The Morgan fingerprint density at radius 3 is 2.88 bits per heavy atom. The third-order valence-corrected chi connectivity index (χ3v) is 3.65. The maximum Gasteiger partial charge on any atom is 0.237 e. The summed E-state index contributed by atoms with van der Waals surface area (Å²) in [5.41, 5.74) is 1.63. The number of hydrogen-bond acceptors (Lipinski definition) is 3. The summed E-state index contributed by atoms with van der Waals surface area (Å²) in [6, 6.07) is 5.51. The molecule has 1 aliphatic heterocycles. The first-order valence-corrected chi connectivity index (χ1v) is 6.20. The second-order valence-corrected chi connectivity index (χ2v) is 4.68. The van der Waals surface area contributed by atoms with Gasteiger partial charge in [-0.25, -0.2) is 0 Å². The molecule has 0 aliphatic carbocycles. The Morgan fingerprint density at radius 2 is 2.25 bits per heavy atom. The molecule has 0 N–H and O–H groups in total. The molecule has 0 atom stereocenters. The third kappa shape index (κ3) is 1.85. The van der Waals surface area contributed by atoms with Crippen molar-refractivity contribution >= 4 is 29.1 Å². The van der Waals surface area contributed by atoms with E-state index in [1.54, 1.807) is 17.9 Å². The van der Waals surface area contributed by atoms with Crippen molar-refractivity contribution in [3.63, 3.8) is 0 Å². The van der Waals surface area contributed by atoms with Crippen LogP contribution in [0.25, 0.3) is 0 Å². The summed E-state index contributed by atoms with van der Waals surface area (Å²) >= 11 is 1.50. The number of fused-ring (bicyclic) bond motifs is 1. The molecule has 1 amide bonds. The number of carbonyl (C=O) groups excluding carboxylic acids is 2. The van der Waals surface area contributed by atoms with E-state index in [1.165, 1.54) is 11.8 Å². The van der Waals surface area contributed by atoms with E-state index < -0.39 is 0 Å². The highest BCUT2D eigenvalue weighted by molar-refractivity contribution is 8.00. The van der Waals surface area contributed by atoms with Gasteiger partial charge in [0.05, 0.1) is 11.4 Å². The summed E-state index contributed by atoms with van der Waals surface area (Å²) in [4.78, 5) is 25.7. The summed E-state index contributed by atoms with van der Waals surface area (Å²) in [6.07, 6.45) is 0. The minimum absolute atomic E-state index is 0.0587. The highest BCUT2D eigenvalue weighted by Gasteiger charge is 2.23. The zero-order chi connectivity index (χ0) is 11.7. The lowest BCUT2D eigenvalue weighted by molar-refractivity contribution is -0.116. The molecular weight excluding hydrogens is 222 g/mol. The van der Waals surface area contributed by atoms with E-state index in [-0.39, 0.29) is 11.7 Å². The van der Waals surface area contributed by atoms with Gasteiger partial charge in [-0.3, -0.25) is 9.59 Å². The normalized spacial score (nSPS) is 14.9. The van der Waals surface area contributed by atoms with Crippen LogP contribution in [0, 0.1) is 0 Å². The first-order valence-electron chi connectivity index (χ1n) is 5.21. The number of anilines is 1. The van der Waals surface area contributed by atoms with Crippen LogP contribution in [0.2, 0.25) is 0 Å². The number of amides is 1. The number of rotatable bonds is 2. The Kier molecular flexibility index (Phi) is 3.01. The Labute approximate surface area is 98.8 Å². The number of ketones is 1. The summed E-state index contributed by atoms with van der Waals surface area (Å²) in [6.45, 7) is 4.18. The van der Waals surface area contributed by atoms with Crippen LogP contribution < -0.4 is 4.90 Å². The number of nitrogens with zero attached hydrogens (tertiary/aromatic N) is 1. The van der Waals surface area contributed by atoms with Crippen LogP contribution in [0.5, 0.6) is 0 Å². The number of carbonyl (C=O) groups is 2. The van der Waals surface area contributed by atoms with Crippen molar-refractivity contribution in [2.45, 2.75) is 18.7 Å². The molecule has 0 saturated carbocycles. The molecular formula is C12H13NO2S. The van der Waals surface area contributed by atoms with E-state index in [2.05, 4.69) is 0 Å². The zero-order valence-electron chi connectivity index (χ0n) is 9.32. The zero-order valence-corrected chi connectivity index (χ0v) is 10.1. The SMILES string of the molecule is CCN1C(=O)CSc2cc(C(C)=O)ccc21. The summed E-state index contributed by atoms with van der Waals surface area (Å²) < 4.78 is 0. The fourth-order valence-electron chi connectivity index (χ4n) is 1.77. The Bertz CT molecular complexity index is 456. The molecule has 3 nitrogen and oxygen atoms in total. The maximum atomic E-state index is 11.6. The standard InChI is InChI=1S/C12H13NO2S/c1-3-13-10-5-4-9(8(2)14)6-11(10)16-7-12(13)15/h4-6H,3,7H2,1-2H3. The van der Waals surface area contributed by atoms with Crippen LogP contribution in [0.15, 0.2) is 23.1 Å². The van der Waals surface area contributed by atoms with Gasteiger partial charge in [0.1, 0.15) is 0 Å². The summed E-state index contributed by atoms with van der Waals surface area (Å²) in [5.74, 6) is 0.654. The Morgan fingerprint density at radius 1 is 1.50 bits per heavy atom. The van der Waals surface area contributed by atoms with Gasteiger partial charge in [-0.1, -0.05) is 0 Å². The lowest BCUT2D eigenvalue weighted by atomic mass is 10.1. The molecule has 2 rings (SSSR count). The second-order valence-electron chi connectivity index (χ2n) is 3.67. The van der Waals surface area contributed by atoms with Crippen molar-refractivity contribution in [3.8, 4) is 0 Å². The molecule has 0 saturated heterocycles. The van der Waals surface area contributed by atoms with Crippen LogP contribution in [0.4, 0.5) is 5.69 Å². The predicted molar refractivity (Wildman–Crippen MR) is 65.2 cm³/mol. The quantitative estimate of drug-likeness (QED) is 0.738. The molecule has 1 aromatic carbocycles.